The molecule has 1 fully saturated rings. The predicted octanol–water partition coefficient (Wildman–Crippen LogP) is 6.24. The molecule has 3 aromatic carbocycles. The van der Waals surface area contributed by atoms with Crippen molar-refractivity contribution in [3.63, 3.8) is 0 Å². The standard InChI is InChI=1S/C26H23NO3S2/c1-18(21-11-7-4-8-12-21)30-22-14-13-20(15-23(22)29-2)16-24-25(28)27(26(31)32-24)17-19-9-5-3-6-10-19/h3-16,18H,17H2,1-2H3/b24-16+. The van der Waals surface area contributed by atoms with Gasteiger partial charge in [0.15, 0.2) is 11.5 Å². The van der Waals surface area contributed by atoms with Crippen molar-refractivity contribution >= 4 is 40.3 Å². The van der Waals surface area contributed by atoms with Crippen molar-refractivity contribution in [1.82, 2.24) is 4.90 Å². The topological polar surface area (TPSA) is 38.8 Å². The Morgan fingerprint density at radius 2 is 1.69 bits per heavy atom. The minimum Gasteiger partial charge on any atom is -0.493 e. The van der Waals surface area contributed by atoms with E-state index in [2.05, 4.69) is 0 Å². The molecule has 1 aliphatic rings. The fourth-order valence-electron chi connectivity index (χ4n) is 3.41. The quantitative estimate of drug-likeness (QED) is 0.308. The van der Waals surface area contributed by atoms with Crippen LogP contribution in [0.2, 0.25) is 0 Å². The second kappa shape index (κ2) is 10.0. The van der Waals surface area contributed by atoms with Crippen molar-refractivity contribution in [2.45, 2.75) is 19.6 Å². The first-order valence-electron chi connectivity index (χ1n) is 10.2. The second-order valence-electron chi connectivity index (χ2n) is 7.33. The molecule has 0 bridgehead atoms. The number of rotatable bonds is 7. The summed E-state index contributed by atoms with van der Waals surface area (Å²) in [5.41, 5.74) is 2.98. The highest BCUT2D eigenvalue weighted by atomic mass is 32.2. The van der Waals surface area contributed by atoms with Crippen LogP contribution in [-0.4, -0.2) is 22.2 Å². The number of hydrogen-bond acceptors (Lipinski definition) is 5. The monoisotopic (exact) mass is 461 g/mol. The summed E-state index contributed by atoms with van der Waals surface area (Å²) in [6.07, 6.45) is 1.72. The van der Waals surface area contributed by atoms with Crippen molar-refractivity contribution in [3.05, 3.63) is 100 Å². The Kier molecular flexibility index (Phi) is 6.93. The first-order valence-corrected chi connectivity index (χ1v) is 11.5. The van der Waals surface area contributed by atoms with Crippen molar-refractivity contribution in [1.29, 1.82) is 0 Å². The average Bonchev–Trinajstić information content (AvgIpc) is 3.08. The maximum absolute atomic E-state index is 12.9. The summed E-state index contributed by atoms with van der Waals surface area (Å²) in [6.45, 7) is 2.47. The van der Waals surface area contributed by atoms with E-state index in [4.69, 9.17) is 21.7 Å². The molecule has 4 nitrogen and oxygen atoms in total. The van der Waals surface area contributed by atoms with Crippen LogP contribution in [0.5, 0.6) is 11.5 Å². The summed E-state index contributed by atoms with van der Waals surface area (Å²) >= 11 is 6.77. The van der Waals surface area contributed by atoms with Crippen LogP contribution < -0.4 is 9.47 Å². The Morgan fingerprint density at radius 3 is 2.38 bits per heavy atom. The molecule has 0 radical (unpaired) electrons. The lowest BCUT2D eigenvalue weighted by atomic mass is 10.1. The van der Waals surface area contributed by atoms with Crippen LogP contribution in [0, 0.1) is 0 Å². The summed E-state index contributed by atoms with van der Waals surface area (Å²) in [5, 5.41) is 0. The van der Waals surface area contributed by atoms with E-state index in [1.54, 1.807) is 12.0 Å². The highest BCUT2D eigenvalue weighted by Gasteiger charge is 2.32. The number of carbonyl (C=O) groups excluding carboxylic acids is 1. The Hall–Kier alpha value is -3.09. The lowest BCUT2D eigenvalue weighted by Crippen LogP contribution is -2.27. The fraction of sp³-hybridized carbons (Fsp3) is 0.154. The minimum atomic E-state index is -0.120. The molecule has 162 valence electrons. The molecule has 3 aromatic rings. The first-order chi connectivity index (χ1) is 15.5. The molecule has 1 heterocycles. The van der Waals surface area contributed by atoms with E-state index >= 15 is 0 Å². The number of carbonyl (C=O) groups is 1. The van der Waals surface area contributed by atoms with Crippen LogP contribution in [0.4, 0.5) is 0 Å². The molecule has 1 saturated heterocycles. The van der Waals surface area contributed by atoms with Crippen LogP contribution in [0.25, 0.3) is 6.08 Å². The van der Waals surface area contributed by atoms with Gasteiger partial charge in [-0.2, -0.15) is 0 Å². The van der Waals surface area contributed by atoms with E-state index in [-0.39, 0.29) is 12.0 Å². The molecule has 1 aliphatic heterocycles. The van der Waals surface area contributed by atoms with Crippen molar-refractivity contribution in [2.24, 2.45) is 0 Å². The maximum Gasteiger partial charge on any atom is 0.266 e. The van der Waals surface area contributed by atoms with E-state index < -0.39 is 0 Å². The van der Waals surface area contributed by atoms with Gasteiger partial charge in [0, 0.05) is 0 Å². The first kappa shape index (κ1) is 22.1. The largest absolute Gasteiger partial charge is 0.493 e. The number of benzene rings is 3. The zero-order valence-electron chi connectivity index (χ0n) is 17.9. The number of thiocarbonyl (C=S) groups is 1. The number of thioether (sulfide) groups is 1. The summed E-state index contributed by atoms with van der Waals surface area (Å²) in [4.78, 5) is 15.2. The highest BCUT2D eigenvalue weighted by Crippen LogP contribution is 2.36. The zero-order chi connectivity index (χ0) is 22.5. The van der Waals surface area contributed by atoms with Gasteiger partial charge in [0.05, 0.1) is 18.6 Å². The van der Waals surface area contributed by atoms with Crippen LogP contribution >= 0.6 is 24.0 Å². The number of ether oxygens (including phenoxy) is 2. The molecule has 6 heteroatoms. The number of methoxy groups -OCH3 is 1. The Morgan fingerprint density at radius 1 is 1.00 bits per heavy atom. The van der Waals surface area contributed by atoms with Crippen LogP contribution in [-0.2, 0) is 11.3 Å². The van der Waals surface area contributed by atoms with Crippen molar-refractivity contribution in [2.75, 3.05) is 7.11 Å². The zero-order valence-corrected chi connectivity index (χ0v) is 19.5. The molecular formula is C26H23NO3S2. The number of hydrogen-bond donors (Lipinski definition) is 0. The van der Waals surface area contributed by atoms with Gasteiger partial charge in [-0.15, -0.1) is 0 Å². The molecule has 0 N–H and O–H groups in total. The SMILES string of the molecule is COc1cc(/C=C2/SC(=S)N(Cc3ccccc3)C2=O)ccc1OC(C)c1ccccc1. The molecule has 0 saturated carbocycles. The summed E-state index contributed by atoms with van der Waals surface area (Å²) < 4.78 is 12.2. The maximum atomic E-state index is 12.9. The molecule has 32 heavy (non-hydrogen) atoms. The lowest BCUT2D eigenvalue weighted by Gasteiger charge is -2.17. The van der Waals surface area contributed by atoms with E-state index in [0.717, 1.165) is 16.7 Å². The van der Waals surface area contributed by atoms with Gasteiger partial charge in [-0.25, -0.2) is 0 Å². The summed E-state index contributed by atoms with van der Waals surface area (Å²) in [6, 6.07) is 25.5. The Labute approximate surface area is 197 Å². The average molecular weight is 462 g/mol. The van der Waals surface area contributed by atoms with Gasteiger partial charge in [-0.05, 0) is 41.8 Å². The third-order valence-corrected chi connectivity index (χ3v) is 6.49. The van der Waals surface area contributed by atoms with Crippen LogP contribution in [0.15, 0.2) is 83.8 Å². The lowest BCUT2D eigenvalue weighted by molar-refractivity contribution is -0.122. The molecular weight excluding hydrogens is 438 g/mol. The summed E-state index contributed by atoms with van der Waals surface area (Å²) in [5.74, 6) is 1.18. The van der Waals surface area contributed by atoms with Gasteiger partial charge in [-0.3, -0.25) is 9.69 Å². The van der Waals surface area contributed by atoms with Gasteiger partial charge < -0.3 is 9.47 Å². The predicted molar refractivity (Wildman–Crippen MR) is 134 cm³/mol. The molecule has 1 amide bonds. The van der Waals surface area contributed by atoms with Gasteiger partial charge >= 0.3 is 0 Å². The smallest absolute Gasteiger partial charge is 0.266 e. The third kappa shape index (κ3) is 5.03. The fourth-order valence-corrected chi connectivity index (χ4v) is 4.66. The van der Waals surface area contributed by atoms with Gasteiger partial charge in [-0.1, -0.05) is 90.7 Å². The molecule has 4 rings (SSSR count). The van der Waals surface area contributed by atoms with E-state index in [9.17, 15) is 4.79 Å². The molecule has 1 atom stereocenters. The third-order valence-electron chi connectivity index (χ3n) is 5.12. The second-order valence-corrected chi connectivity index (χ2v) is 9.01. The minimum absolute atomic E-state index is 0.0825. The van der Waals surface area contributed by atoms with Gasteiger partial charge in [0.25, 0.3) is 5.91 Å². The molecule has 0 spiro atoms. The highest BCUT2D eigenvalue weighted by molar-refractivity contribution is 8.26. The molecule has 1 unspecified atom stereocenters. The van der Waals surface area contributed by atoms with E-state index in [0.29, 0.717) is 27.3 Å². The van der Waals surface area contributed by atoms with Gasteiger partial charge in [0.1, 0.15) is 10.4 Å². The number of amides is 1. The number of nitrogens with zero attached hydrogens (tertiary/aromatic N) is 1. The Balaban J connectivity index is 1.51. The normalized spacial score (nSPS) is 15.8. The molecule has 0 aromatic heterocycles. The summed E-state index contributed by atoms with van der Waals surface area (Å²) in [7, 11) is 1.61. The van der Waals surface area contributed by atoms with Crippen molar-refractivity contribution in [3.8, 4) is 11.5 Å². The van der Waals surface area contributed by atoms with Crippen molar-refractivity contribution < 1.29 is 14.3 Å². The van der Waals surface area contributed by atoms with Crippen LogP contribution in [0.1, 0.15) is 29.7 Å². The van der Waals surface area contributed by atoms with Gasteiger partial charge in [0.2, 0.25) is 0 Å². The van der Waals surface area contributed by atoms with E-state index in [1.165, 1.54) is 11.8 Å². The van der Waals surface area contributed by atoms with Crippen LogP contribution in [0.3, 0.4) is 0 Å². The Bertz CT molecular complexity index is 1150. The molecule has 0 aliphatic carbocycles. The van der Waals surface area contributed by atoms with E-state index in [1.807, 2.05) is 91.9 Å².